The van der Waals surface area contributed by atoms with E-state index in [-0.39, 0.29) is 6.04 Å². The number of thiophene rings is 1. The number of para-hydroxylation sites is 1. The third-order valence-corrected chi connectivity index (χ3v) is 5.22. The van der Waals surface area contributed by atoms with Crippen molar-refractivity contribution in [2.45, 2.75) is 13.0 Å². The van der Waals surface area contributed by atoms with E-state index in [2.05, 4.69) is 15.8 Å². The molecule has 0 amide bonds. The molecule has 5 heteroatoms. The van der Waals surface area contributed by atoms with Gasteiger partial charge in [0.05, 0.1) is 22.4 Å². The summed E-state index contributed by atoms with van der Waals surface area (Å²) in [5, 5.41) is 10.7. The highest BCUT2D eigenvalue weighted by atomic mass is 35.5. The maximum absolute atomic E-state index is 6.44. The molecule has 1 unspecified atom stereocenters. The van der Waals surface area contributed by atoms with E-state index in [1.165, 1.54) is 0 Å². The number of halogens is 1. The fourth-order valence-electron chi connectivity index (χ4n) is 2.37. The number of aromatic nitrogens is 2. The van der Waals surface area contributed by atoms with E-state index >= 15 is 0 Å². The first-order valence-electron chi connectivity index (χ1n) is 6.72. The topological polar surface area (TPSA) is 29.9 Å². The molecule has 3 nitrogen and oxygen atoms in total. The molecule has 1 N–H and O–H groups in total. The average molecular weight is 318 g/mol. The summed E-state index contributed by atoms with van der Waals surface area (Å²) in [5.41, 5.74) is 3.23. The maximum Gasteiger partial charge on any atom is 0.0859 e. The van der Waals surface area contributed by atoms with Crippen molar-refractivity contribution in [1.29, 1.82) is 0 Å². The first-order chi connectivity index (χ1) is 10.2. The minimum Gasteiger partial charge on any atom is -0.307 e. The van der Waals surface area contributed by atoms with Crippen molar-refractivity contribution in [2.75, 3.05) is 7.05 Å². The Balaban J connectivity index is 2.07. The van der Waals surface area contributed by atoms with Gasteiger partial charge in [-0.05, 0) is 43.1 Å². The molecular formula is C16H16ClN3S. The van der Waals surface area contributed by atoms with E-state index in [0.717, 1.165) is 26.8 Å². The highest BCUT2D eigenvalue weighted by Crippen LogP contribution is 2.35. The van der Waals surface area contributed by atoms with Crippen LogP contribution in [-0.4, -0.2) is 16.8 Å². The second-order valence-electron chi connectivity index (χ2n) is 4.82. The lowest BCUT2D eigenvalue weighted by atomic mass is 10.1. The number of hydrogen-bond acceptors (Lipinski definition) is 3. The molecule has 0 aliphatic rings. The largest absolute Gasteiger partial charge is 0.307 e. The Hall–Kier alpha value is -1.62. The fourth-order valence-corrected chi connectivity index (χ4v) is 3.80. The van der Waals surface area contributed by atoms with E-state index in [0.29, 0.717) is 0 Å². The molecule has 0 spiro atoms. The summed E-state index contributed by atoms with van der Waals surface area (Å²) in [6.07, 6.45) is 1.82. The van der Waals surface area contributed by atoms with Crippen LogP contribution in [0.25, 0.3) is 5.69 Å². The van der Waals surface area contributed by atoms with Crippen LogP contribution in [0.5, 0.6) is 0 Å². The SMILES string of the molecule is CNC(c1scc(C)c1Cl)c1ccnn1-c1ccccc1. The van der Waals surface area contributed by atoms with Gasteiger partial charge in [-0.25, -0.2) is 4.68 Å². The Bertz CT molecular complexity index is 733. The Kier molecular flexibility index (Phi) is 4.10. The normalized spacial score (nSPS) is 12.5. The van der Waals surface area contributed by atoms with Gasteiger partial charge in [0, 0.05) is 11.1 Å². The zero-order valence-electron chi connectivity index (χ0n) is 11.9. The molecule has 0 fully saturated rings. The lowest BCUT2D eigenvalue weighted by Gasteiger charge is -2.17. The van der Waals surface area contributed by atoms with E-state index in [1.807, 2.05) is 61.2 Å². The van der Waals surface area contributed by atoms with Crippen LogP contribution in [0, 0.1) is 6.92 Å². The molecule has 1 atom stereocenters. The maximum atomic E-state index is 6.44. The van der Waals surface area contributed by atoms with Gasteiger partial charge < -0.3 is 5.32 Å². The van der Waals surface area contributed by atoms with Gasteiger partial charge in [0.1, 0.15) is 0 Å². The van der Waals surface area contributed by atoms with Crippen LogP contribution in [0.15, 0.2) is 48.0 Å². The van der Waals surface area contributed by atoms with Crippen molar-refractivity contribution in [2.24, 2.45) is 0 Å². The highest BCUT2D eigenvalue weighted by Gasteiger charge is 2.22. The summed E-state index contributed by atoms with van der Waals surface area (Å²) in [5.74, 6) is 0. The molecule has 0 saturated heterocycles. The van der Waals surface area contributed by atoms with Crippen LogP contribution in [0.3, 0.4) is 0 Å². The fraction of sp³-hybridized carbons (Fsp3) is 0.188. The molecule has 1 aromatic carbocycles. The number of aryl methyl sites for hydroxylation is 1. The molecule has 21 heavy (non-hydrogen) atoms. The van der Waals surface area contributed by atoms with E-state index in [9.17, 15) is 0 Å². The van der Waals surface area contributed by atoms with Crippen LogP contribution in [0.1, 0.15) is 22.2 Å². The van der Waals surface area contributed by atoms with Gasteiger partial charge >= 0.3 is 0 Å². The second kappa shape index (κ2) is 6.02. The number of nitrogens with zero attached hydrogens (tertiary/aromatic N) is 2. The smallest absolute Gasteiger partial charge is 0.0859 e. The van der Waals surface area contributed by atoms with Crippen LogP contribution in [-0.2, 0) is 0 Å². The number of nitrogens with one attached hydrogen (secondary N) is 1. The van der Waals surface area contributed by atoms with Crippen molar-refractivity contribution < 1.29 is 0 Å². The standard InChI is InChI=1S/C16H16ClN3S/c1-11-10-21-16(14(11)17)15(18-2)13-8-9-19-20(13)12-6-4-3-5-7-12/h3-10,15,18H,1-2H3. The summed E-state index contributed by atoms with van der Waals surface area (Å²) < 4.78 is 1.95. The average Bonchev–Trinajstić information content (AvgIpc) is 3.11. The second-order valence-corrected chi connectivity index (χ2v) is 6.11. The van der Waals surface area contributed by atoms with Crippen molar-refractivity contribution >= 4 is 22.9 Å². The van der Waals surface area contributed by atoms with Gasteiger partial charge in [0.25, 0.3) is 0 Å². The number of rotatable bonds is 4. The van der Waals surface area contributed by atoms with Crippen LogP contribution < -0.4 is 5.32 Å². The molecule has 108 valence electrons. The van der Waals surface area contributed by atoms with Gasteiger partial charge in [-0.2, -0.15) is 5.10 Å². The first-order valence-corrected chi connectivity index (χ1v) is 7.98. The van der Waals surface area contributed by atoms with E-state index in [4.69, 9.17) is 11.6 Å². The summed E-state index contributed by atoms with van der Waals surface area (Å²) in [6, 6.07) is 12.2. The molecule has 2 aromatic heterocycles. The Morgan fingerprint density at radius 2 is 2.00 bits per heavy atom. The zero-order chi connectivity index (χ0) is 14.8. The quantitative estimate of drug-likeness (QED) is 0.781. The van der Waals surface area contributed by atoms with Crippen molar-refractivity contribution in [3.8, 4) is 5.69 Å². The van der Waals surface area contributed by atoms with Crippen molar-refractivity contribution in [1.82, 2.24) is 15.1 Å². The predicted molar refractivity (Wildman–Crippen MR) is 88.5 cm³/mol. The van der Waals surface area contributed by atoms with Crippen LogP contribution >= 0.6 is 22.9 Å². The number of benzene rings is 1. The summed E-state index contributed by atoms with van der Waals surface area (Å²) in [4.78, 5) is 1.12. The Morgan fingerprint density at radius 1 is 1.24 bits per heavy atom. The molecule has 3 rings (SSSR count). The van der Waals surface area contributed by atoms with Crippen LogP contribution in [0.2, 0.25) is 5.02 Å². The van der Waals surface area contributed by atoms with Crippen molar-refractivity contribution in [3.63, 3.8) is 0 Å². The summed E-state index contributed by atoms with van der Waals surface area (Å²) in [6.45, 7) is 2.03. The van der Waals surface area contributed by atoms with Crippen LogP contribution in [0.4, 0.5) is 0 Å². The van der Waals surface area contributed by atoms with Gasteiger partial charge in [0.2, 0.25) is 0 Å². The van der Waals surface area contributed by atoms with Gasteiger partial charge in [0.15, 0.2) is 0 Å². The molecule has 0 radical (unpaired) electrons. The molecule has 0 saturated carbocycles. The molecule has 0 bridgehead atoms. The lowest BCUT2D eigenvalue weighted by molar-refractivity contribution is 0.646. The third-order valence-electron chi connectivity index (χ3n) is 3.44. The lowest BCUT2D eigenvalue weighted by Crippen LogP contribution is -2.20. The first kappa shape index (κ1) is 14.3. The number of hydrogen-bond donors (Lipinski definition) is 1. The van der Waals surface area contributed by atoms with E-state index in [1.54, 1.807) is 11.3 Å². The van der Waals surface area contributed by atoms with E-state index < -0.39 is 0 Å². The highest BCUT2D eigenvalue weighted by molar-refractivity contribution is 7.10. The molecule has 2 heterocycles. The van der Waals surface area contributed by atoms with Crippen molar-refractivity contribution in [3.05, 3.63) is 69.1 Å². The van der Waals surface area contributed by atoms with Gasteiger partial charge in [-0.15, -0.1) is 11.3 Å². The minimum absolute atomic E-state index is 0.0268. The third kappa shape index (κ3) is 2.62. The Morgan fingerprint density at radius 3 is 2.62 bits per heavy atom. The zero-order valence-corrected chi connectivity index (χ0v) is 13.4. The monoisotopic (exact) mass is 317 g/mol. The molecule has 0 aliphatic carbocycles. The minimum atomic E-state index is 0.0268. The predicted octanol–water partition coefficient (Wildman–Crippen LogP) is 4.20. The summed E-state index contributed by atoms with van der Waals surface area (Å²) >= 11 is 8.11. The molecule has 0 aliphatic heterocycles. The van der Waals surface area contributed by atoms with Gasteiger partial charge in [-0.3, -0.25) is 0 Å². The Labute approximate surface area is 133 Å². The molecular weight excluding hydrogens is 302 g/mol. The molecule has 3 aromatic rings. The summed E-state index contributed by atoms with van der Waals surface area (Å²) in [7, 11) is 1.94. The van der Waals surface area contributed by atoms with Gasteiger partial charge in [-0.1, -0.05) is 29.8 Å².